The number of hydrogen-bond acceptors (Lipinski definition) is 5. The number of carbonyl (C=O) groups excluding carboxylic acids is 2. The molecule has 0 unspecified atom stereocenters. The number of nitrogens with zero attached hydrogens (tertiary/aromatic N) is 2. The van der Waals surface area contributed by atoms with Crippen molar-refractivity contribution in [1.29, 1.82) is 0 Å². The molecule has 1 amide bonds. The average molecular weight is 594 g/mol. The number of methoxy groups -OCH3 is 1. The van der Waals surface area contributed by atoms with Crippen molar-refractivity contribution >= 4 is 50.0 Å². The molecule has 5 rings (SSSR count). The van der Waals surface area contributed by atoms with Gasteiger partial charge in [0.25, 0.3) is 5.91 Å². The number of benzene rings is 3. The molecule has 1 aliphatic rings. The molecule has 1 N–H and O–H groups in total. The second-order valence-electron chi connectivity index (χ2n) is 10.3. The number of sulfonamides is 1. The molecule has 8 nitrogen and oxygen atoms in total. The molecule has 214 valence electrons. The van der Waals surface area contributed by atoms with E-state index in [-0.39, 0.29) is 23.1 Å². The van der Waals surface area contributed by atoms with Crippen LogP contribution in [-0.2, 0) is 21.2 Å². The fourth-order valence-corrected chi connectivity index (χ4v) is 7.26. The molecular formula is C31H32ClN3O5S. The van der Waals surface area contributed by atoms with E-state index < -0.39 is 10.0 Å². The van der Waals surface area contributed by atoms with Crippen LogP contribution >= 0.6 is 11.6 Å². The van der Waals surface area contributed by atoms with E-state index in [2.05, 4.69) is 5.32 Å². The third-order valence-electron chi connectivity index (χ3n) is 7.58. The van der Waals surface area contributed by atoms with E-state index in [9.17, 15) is 18.0 Å². The Hall–Kier alpha value is -3.66. The first kappa shape index (κ1) is 28.9. The third-order valence-corrected chi connectivity index (χ3v) is 9.87. The molecule has 2 heterocycles. The smallest absolute Gasteiger partial charge is 0.262 e. The highest BCUT2D eigenvalue weighted by atomic mass is 35.5. The minimum absolute atomic E-state index is 0.0293. The lowest BCUT2D eigenvalue weighted by molar-refractivity contribution is -0.115. The van der Waals surface area contributed by atoms with Crippen molar-refractivity contribution in [1.82, 2.24) is 8.87 Å². The normalized spacial score (nSPS) is 14.2. The third kappa shape index (κ3) is 5.75. The molecule has 10 heteroatoms. The van der Waals surface area contributed by atoms with Gasteiger partial charge >= 0.3 is 0 Å². The number of amides is 1. The van der Waals surface area contributed by atoms with Crippen LogP contribution in [0.4, 0.5) is 5.69 Å². The van der Waals surface area contributed by atoms with Crippen molar-refractivity contribution in [3.8, 4) is 5.75 Å². The predicted molar refractivity (Wildman–Crippen MR) is 161 cm³/mol. The lowest BCUT2D eigenvalue weighted by atomic mass is 10.1. The Bertz CT molecular complexity index is 1740. The van der Waals surface area contributed by atoms with Gasteiger partial charge in [-0.05, 0) is 92.4 Å². The number of carbonyl (C=O) groups is 2. The number of piperidine rings is 1. The van der Waals surface area contributed by atoms with Gasteiger partial charge in [0.05, 0.1) is 23.9 Å². The standard InChI is InChI=1S/C31H32ClN3O5S/c1-20-7-12-24(17-29(20)41(38,39)34-15-5-4-6-16-34)33-30(36)19-26-21(2)35(28-14-13-25(40-3)18-27(26)28)31(37)22-8-10-23(32)11-9-22/h7-14,17-18H,4-6,15-16,19H2,1-3H3,(H,33,36). The number of ether oxygens (including phenoxy) is 1. The molecule has 1 aromatic heterocycles. The van der Waals surface area contributed by atoms with Crippen LogP contribution in [-0.4, -0.2) is 49.3 Å². The number of halogens is 1. The van der Waals surface area contributed by atoms with E-state index in [1.807, 2.05) is 6.07 Å². The first-order chi connectivity index (χ1) is 19.6. The van der Waals surface area contributed by atoms with Gasteiger partial charge in [-0.2, -0.15) is 4.31 Å². The summed E-state index contributed by atoms with van der Waals surface area (Å²) in [7, 11) is -2.11. The van der Waals surface area contributed by atoms with Gasteiger partial charge in [0.1, 0.15) is 5.75 Å². The van der Waals surface area contributed by atoms with E-state index in [0.717, 1.165) is 24.6 Å². The summed E-state index contributed by atoms with van der Waals surface area (Å²) in [6.45, 7) is 4.56. The van der Waals surface area contributed by atoms with Gasteiger partial charge in [0, 0.05) is 40.4 Å². The van der Waals surface area contributed by atoms with Gasteiger partial charge in [0.2, 0.25) is 15.9 Å². The zero-order chi connectivity index (χ0) is 29.3. The molecule has 0 aliphatic carbocycles. The minimum atomic E-state index is -3.67. The monoisotopic (exact) mass is 593 g/mol. The van der Waals surface area contributed by atoms with Crippen molar-refractivity contribution in [2.75, 3.05) is 25.5 Å². The second kappa shape index (κ2) is 11.7. The maximum atomic E-state index is 13.6. The van der Waals surface area contributed by atoms with Crippen LogP contribution in [0.15, 0.2) is 65.6 Å². The van der Waals surface area contributed by atoms with Crippen LogP contribution in [0.2, 0.25) is 5.02 Å². The molecular weight excluding hydrogens is 562 g/mol. The fourth-order valence-electron chi connectivity index (χ4n) is 5.36. The highest BCUT2D eigenvalue weighted by molar-refractivity contribution is 7.89. The Balaban J connectivity index is 1.46. The van der Waals surface area contributed by atoms with Crippen molar-refractivity contribution in [3.63, 3.8) is 0 Å². The molecule has 0 radical (unpaired) electrons. The maximum Gasteiger partial charge on any atom is 0.262 e. The Morgan fingerprint density at radius 1 is 0.951 bits per heavy atom. The van der Waals surface area contributed by atoms with Crippen molar-refractivity contribution in [3.05, 3.63) is 88.1 Å². The number of nitrogens with one attached hydrogen (secondary N) is 1. The number of fused-ring (bicyclic) bond motifs is 1. The number of aromatic nitrogens is 1. The molecule has 3 aromatic carbocycles. The predicted octanol–water partition coefficient (Wildman–Crippen LogP) is 5.96. The summed E-state index contributed by atoms with van der Waals surface area (Å²) in [5.41, 5.74) is 3.43. The van der Waals surface area contributed by atoms with Gasteiger partial charge in [0.15, 0.2) is 0 Å². The Morgan fingerprint density at radius 2 is 1.66 bits per heavy atom. The number of aryl methyl sites for hydroxylation is 1. The average Bonchev–Trinajstić information content (AvgIpc) is 3.24. The van der Waals surface area contributed by atoms with Crippen molar-refractivity contribution in [2.24, 2.45) is 0 Å². The molecule has 1 aliphatic heterocycles. The summed E-state index contributed by atoms with van der Waals surface area (Å²) < 4.78 is 35.2. The molecule has 0 atom stereocenters. The van der Waals surface area contributed by atoms with Crippen LogP contribution in [0.3, 0.4) is 0 Å². The summed E-state index contributed by atoms with van der Waals surface area (Å²) in [4.78, 5) is 27.1. The molecule has 0 spiro atoms. The van der Waals surface area contributed by atoms with Crippen LogP contribution < -0.4 is 10.1 Å². The number of rotatable bonds is 7. The molecule has 0 bridgehead atoms. The quantitative estimate of drug-likeness (QED) is 0.285. The SMILES string of the molecule is COc1ccc2c(c1)c(CC(=O)Nc1ccc(C)c(S(=O)(=O)N3CCCCC3)c1)c(C)n2C(=O)c1ccc(Cl)cc1. The van der Waals surface area contributed by atoms with Gasteiger partial charge in [-0.15, -0.1) is 0 Å². The zero-order valence-corrected chi connectivity index (χ0v) is 24.8. The van der Waals surface area contributed by atoms with Crippen LogP contribution in [0.5, 0.6) is 5.75 Å². The zero-order valence-electron chi connectivity index (χ0n) is 23.2. The first-order valence-corrected chi connectivity index (χ1v) is 15.3. The number of anilines is 1. The Kier molecular flexibility index (Phi) is 8.22. The summed E-state index contributed by atoms with van der Waals surface area (Å²) in [6, 6.07) is 17.0. The molecule has 41 heavy (non-hydrogen) atoms. The highest BCUT2D eigenvalue weighted by Gasteiger charge is 2.28. The van der Waals surface area contributed by atoms with Gasteiger partial charge < -0.3 is 10.1 Å². The number of hydrogen-bond donors (Lipinski definition) is 1. The minimum Gasteiger partial charge on any atom is -0.497 e. The van der Waals surface area contributed by atoms with E-state index in [1.54, 1.807) is 74.1 Å². The summed E-state index contributed by atoms with van der Waals surface area (Å²) >= 11 is 6.02. The lowest BCUT2D eigenvalue weighted by Gasteiger charge is -2.26. The largest absolute Gasteiger partial charge is 0.497 e. The summed E-state index contributed by atoms with van der Waals surface area (Å²) in [6.07, 6.45) is 2.67. The molecule has 0 saturated carbocycles. The van der Waals surface area contributed by atoms with Gasteiger partial charge in [-0.3, -0.25) is 14.2 Å². The second-order valence-corrected chi connectivity index (χ2v) is 12.6. The Labute approximate surface area is 244 Å². The topological polar surface area (TPSA) is 97.7 Å². The molecule has 1 fully saturated rings. The van der Waals surface area contributed by atoms with E-state index in [4.69, 9.17) is 16.3 Å². The highest BCUT2D eigenvalue weighted by Crippen LogP contribution is 2.32. The molecule has 1 saturated heterocycles. The molecule has 4 aromatic rings. The van der Waals surface area contributed by atoms with Crippen LogP contribution in [0.25, 0.3) is 10.9 Å². The van der Waals surface area contributed by atoms with Crippen molar-refractivity contribution in [2.45, 2.75) is 44.4 Å². The van der Waals surface area contributed by atoms with Crippen LogP contribution in [0, 0.1) is 13.8 Å². The van der Waals surface area contributed by atoms with Crippen molar-refractivity contribution < 1.29 is 22.7 Å². The van der Waals surface area contributed by atoms with Gasteiger partial charge in [-0.1, -0.05) is 24.1 Å². The fraction of sp³-hybridized carbons (Fsp3) is 0.290. The van der Waals surface area contributed by atoms with Gasteiger partial charge in [-0.25, -0.2) is 8.42 Å². The maximum absolute atomic E-state index is 13.6. The first-order valence-electron chi connectivity index (χ1n) is 13.5. The lowest BCUT2D eigenvalue weighted by Crippen LogP contribution is -2.36. The van der Waals surface area contributed by atoms with E-state index in [1.165, 1.54) is 10.4 Å². The van der Waals surface area contributed by atoms with E-state index in [0.29, 0.717) is 57.5 Å². The summed E-state index contributed by atoms with van der Waals surface area (Å²) in [5.74, 6) is 0.0209. The van der Waals surface area contributed by atoms with Crippen LogP contribution in [0.1, 0.15) is 46.4 Å². The summed E-state index contributed by atoms with van der Waals surface area (Å²) in [5, 5.41) is 4.12. The Morgan fingerprint density at radius 3 is 2.34 bits per heavy atom. The van der Waals surface area contributed by atoms with E-state index >= 15 is 0 Å².